The Balaban J connectivity index is 1.74. The van der Waals surface area contributed by atoms with Crippen molar-refractivity contribution in [3.05, 3.63) is 58.7 Å². The number of hydrogen-bond acceptors (Lipinski definition) is 5. The third-order valence-corrected chi connectivity index (χ3v) is 10.6. The molecule has 0 unspecified atom stereocenters. The molecule has 0 atom stereocenters. The summed E-state index contributed by atoms with van der Waals surface area (Å²) in [6.45, 7) is 7.04. The lowest BCUT2D eigenvalue weighted by Crippen LogP contribution is -2.52. The number of sulfonamides is 1. The molecule has 2 aromatic carbocycles. The minimum absolute atomic E-state index is 0.00695. The molecular weight excluding hydrogens is 460 g/mol. The van der Waals surface area contributed by atoms with Gasteiger partial charge < -0.3 is 5.32 Å². The minimum atomic E-state index is -3.92. The highest BCUT2D eigenvalue weighted by Gasteiger charge is 2.53. The topological polar surface area (TPSA) is 109 Å². The van der Waals surface area contributed by atoms with E-state index >= 15 is 0 Å². The van der Waals surface area contributed by atoms with Crippen molar-refractivity contribution in [2.24, 2.45) is 0 Å². The molecule has 33 heavy (non-hydrogen) atoms. The fourth-order valence-electron chi connectivity index (χ4n) is 4.37. The van der Waals surface area contributed by atoms with E-state index in [4.69, 9.17) is 0 Å². The zero-order valence-electron chi connectivity index (χ0n) is 19.6. The van der Waals surface area contributed by atoms with Crippen LogP contribution >= 0.6 is 0 Å². The molecule has 2 N–H and O–H groups in total. The Morgan fingerprint density at radius 1 is 0.818 bits per heavy atom. The van der Waals surface area contributed by atoms with Crippen LogP contribution in [0.4, 0.5) is 0 Å². The van der Waals surface area contributed by atoms with E-state index in [0.29, 0.717) is 24.0 Å². The van der Waals surface area contributed by atoms with Crippen molar-refractivity contribution in [1.29, 1.82) is 0 Å². The first-order chi connectivity index (χ1) is 15.4. The quantitative estimate of drug-likeness (QED) is 0.551. The van der Waals surface area contributed by atoms with Crippen molar-refractivity contribution < 1.29 is 21.6 Å². The molecule has 1 amide bonds. The van der Waals surface area contributed by atoms with Crippen LogP contribution in [0.5, 0.6) is 0 Å². The van der Waals surface area contributed by atoms with Gasteiger partial charge >= 0.3 is 0 Å². The second kappa shape index (κ2) is 9.56. The normalized spacial score (nSPS) is 16.0. The average molecular weight is 493 g/mol. The first-order valence-electron chi connectivity index (χ1n) is 11.1. The molecule has 1 fully saturated rings. The lowest BCUT2D eigenvalue weighted by molar-refractivity contribution is -0.123. The van der Waals surface area contributed by atoms with Gasteiger partial charge in [0.2, 0.25) is 15.9 Å². The Kier molecular flexibility index (Phi) is 7.36. The highest BCUT2D eigenvalue weighted by Crippen LogP contribution is 2.41. The average Bonchev–Trinajstić information content (AvgIpc) is 3.26. The zero-order valence-corrected chi connectivity index (χ0v) is 21.2. The summed E-state index contributed by atoms with van der Waals surface area (Å²) in [4.78, 5) is 13.6. The Morgan fingerprint density at radius 3 is 1.91 bits per heavy atom. The highest BCUT2D eigenvalue weighted by molar-refractivity contribution is 7.93. The number of nitrogens with one attached hydrogen (secondary N) is 2. The van der Waals surface area contributed by atoms with E-state index in [1.165, 1.54) is 0 Å². The Morgan fingerprint density at radius 2 is 1.33 bits per heavy atom. The van der Waals surface area contributed by atoms with Crippen molar-refractivity contribution in [2.45, 2.75) is 67.9 Å². The Bertz CT molecular complexity index is 1260. The fourth-order valence-corrected chi connectivity index (χ4v) is 8.12. The van der Waals surface area contributed by atoms with E-state index in [-0.39, 0.29) is 35.7 Å². The molecule has 7 nitrogen and oxygen atoms in total. The van der Waals surface area contributed by atoms with E-state index in [0.717, 1.165) is 11.1 Å². The van der Waals surface area contributed by atoms with Crippen LogP contribution in [-0.4, -0.2) is 40.6 Å². The van der Waals surface area contributed by atoms with Gasteiger partial charge in [-0.05, 0) is 74.9 Å². The highest BCUT2D eigenvalue weighted by atomic mass is 32.2. The monoisotopic (exact) mass is 492 g/mol. The van der Waals surface area contributed by atoms with Crippen LogP contribution in [0.2, 0.25) is 0 Å². The molecule has 9 heteroatoms. The summed E-state index contributed by atoms with van der Waals surface area (Å²) >= 11 is 0. The molecule has 3 rings (SSSR count). The molecule has 0 aromatic heterocycles. The number of sulfone groups is 1. The summed E-state index contributed by atoms with van der Waals surface area (Å²) in [5.74, 6) is -0.563. The standard InChI is InChI=1S/C24H32N2O5S2/c1-17-7-9-19(3)21(15-17)32(28,29)24(11-5-6-12-24)23(27)25-13-14-26-33(30,31)22-16-18(2)8-10-20(22)4/h7-10,15-16,26H,5-6,11-14H2,1-4H3,(H,25,27). The molecule has 0 bridgehead atoms. The second-order valence-electron chi connectivity index (χ2n) is 8.90. The second-order valence-corrected chi connectivity index (χ2v) is 12.9. The molecule has 0 radical (unpaired) electrons. The van der Waals surface area contributed by atoms with Gasteiger partial charge in [0.05, 0.1) is 9.79 Å². The third kappa shape index (κ3) is 5.00. The Labute approximate surface area is 197 Å². The van der Waals surface area contributed by atoms with Gasteiger partial charge in [-0.2, -0.15) is 0 Å². The smallest absolute Gasteiger partial charge is 0.241 e. The van der Waals surface area contributed by atoms with E-state index in [1.54, 1.807) is 38.1 Å². The van der Waals surface area contributed by atoms with Gasteiger partial charge in [-0.25, -0.2) is 21.6 Å². The molecule has 1 aliphatic carbocycles. The SMILES string of the molecule is Cc1ccc(C)c(S(=O)(=O)NCCNC(=O)C2(S(=O)(=O)c3cc(C)ccc3C)CCCC2)c1. The van der Waals surface area contributed by atoms with E-state index in [2.05, 4.69) is 10.0 Å². The first kappa shape index (κ1) is 25.4. The van der Waals surface area contributed by atoms with Crippen LogP contribution in [0.25, 0.3) is 0 Å². The largest absolute Gasteiger partial charge is 0.353 e. The number of carbonyl (C=O) groups excluding carboxylic acids is 1. The van der Waals surface area contributed by atoms with E-state index in [9.17, 15) is 21.6 Å². The van der Waals surface area contributed by atoms with Crippen molar-refractivity contribution in [3.8, 4) is 0 Å². The Hall–Kier alpha value is -2.23. The summed E-state index contributed by atoms with van der Waals surface area (Å²) in [5.41, 5.74) is 2.88. The lowest BCUT2D eigenvalue weighted by atomic mass is 10.1. The fraction of sp³-hybridized carbons (Fsp3) is 0.458. The molecule has 0 saturated heterocycles. The summed E-state index contributed by atoms with van der Waals surface area (Å²) in [7, 11) is -7.67. The molecule has 0 heterocycles. The predicted octanol–water partition coefficient (Wildman–Crippen LogP) is 3.10. The number of rotatable bonds is 8. The maximum Gasteiger partial charge on any atom is 0.241 e. The van der Waals surface area contributed by atoms with E-state index < -0.39 is 30.5 Å². The molecule has 2 aromatic rings. The summed E-state index contributed by atoms with van der Waals surface area (Å²) in [6, 6.07) is 10.4. The number of hydrogen-bond donors (Lipinski definition) is 2. The summed E-state index contributed by atoms with van der Waals surface area (Å²) in [5, 5.41) is 2.68. The van der Waals surface area contributed by atoms with Crippen LogP contribution in [0, 0.1) is 27.7 Å². The molecule has 1 saturated carbocycles. The van der Waals surface area contributed by atoms with Crippen LogP contribution in [0.3, 0.4) is 0 Å². The third-order valence-electron chi connectivity index (χ3n) is 6.31. The van der Waals surface area contributed by atoms with Gasteiger partial charge in [0.25, 0.3) is 0 Å². The van der Waals surface area contributed by atoms with Crippen molar-refractivity contribution in [2.75, 3.05) is 13.1 Å². The number of benzene rings is 2. The van der Waals surface area contributed by atoms with Crippen molar-refractivity contribution in [1.82, 2.24) is 10.0 Å². The van der Waals surface area contributed by atoms with Crippen LogP contribution in [-0.2, 0) is 24.7 Å². The molecular formula is C24H32N2O5S2. The molecule has 0 spiro atoms. The first-order valence-corrected chi connectivity index (χ1v) is 14.0. The minimum Gasteiger partial charge on any atom is -0.353 e. The maximum atomic E-state index is 13.6. The predicted molar refractivity (Wildman–Crippen MR) is 128 cm³/mol. The van der Waals surface area contributed by atoms with Crippen LogP contribution in [0.1, 0.15) is 47.9 Å². The number of amides is 1. The van der Waals surface area contributed by atoms with Gasteiger partial charge in [-0.15, -0.1) is 0 Å². The molecule has 1 aliphatic rings. The van der Waals surface area contributed by atoms with Gasteiger partial charge in [0, 0.05) is 13.1 Å². The van der Waals surface area contributed by atoms with Crippen LogP contribution < -0.4 is 10.0 Å². The number of carbonyl (C=O) groups is 1. The maximum absolute atomic E-state index is 13.6. The van der Waals surface area contributed by atoms with Gasteiger partial charge in [0.1, 0.15) is 0 Å². The molecule has 180 valence electrons. The van der Waals surface area contributed by atoms with Gasteiger partial charge in [-0.1, -0.05) is 37.1 Å². The van der Waals surface area contributed by atoms with Gasteiger partial charge in [0.15, 0.2) is 14.6 Å². The van der Waals surface area contributed by atoms with Crippen LogP contribution in [0.15, 0.2) is 46.2 Å². The van der Waals surface area contributed by atoms with Crippen molar-refractivity contribution >= 4 is 25.8 Å². The summed E-state index contributed by atoms with van der Waals surface area (Å²) in [6.07, 6.45) is 1.80. The lowest BCUT2D eigenvalue weighted by Gasteiger charge is -2.28. The number of aryl methyl sites for hydroxylation is 4. The molecule has 0 aliphatic heterocycles. The van der Waals surface area contributed by atoms with Gasteiger partial charge in [-0.3, -0.25) is 4.79 Å². The van der Waals surface area contributed by atoms with Crippen molar-refractivity contribution in [3.63, 3.8) is 0 Å². The zero-order chi connectivity index (χ0) is 24.4. The summed E-state index contributed by atoms with van der Waals surface area (Å²) < 4.78 is 53.6. The van der Waals surface area contributed by atoms with E-state index in [1.807, 2.05) is 26.0 Å².